The lowest BCUT2D eigenvalue weighted by atomic mass is 10.0. The van der Waals surface area contributed by atoms with E-state index in [0.717, 1.165) is 22.9 Å². The van der Waals surface area contributed by atoms with Gasteiger partial charge in [-0.2, -0.15) is 5.10 Å². The first kappa shape index (κ1) is 23.3. The zero-order valence-corrected chi connectivity index (χ0v) is 18.4. The third kappa shape index (κ3) is 5.94. The maximum atomic E-state index is 13.0. The first-order valence-electron chi connectivity index (χ1n) is 10.7. The summed E-state index contributed by atoms with van der Waals surface area (Å²) in [6.45, 7) is -0.334. The number of carbonyl (C=O) groups is 3. The molecule has 0 fully saturated rings. The average Bonchev–Trinajstić information content (AvgIpc) is 2.89. The van der Waals surface area contributed by atoms with Crippen molar-refractivity contribution in [1.29, 1.82) is 0 Å². The van der Waals surface area contributed by atoms with Crippen molar-refractivity contribution in [2.45, 2.75) is 0 Å². The number of ether oxygens (including phenoxy) is 1. The van der Waals surface area contributed by atoms with Gasteiger partial charge in [-0.05, 0) is 53.2 Å². The molecule has 0 aliphatic rings. The topological polar surface area (TPSA) is 96.9 Å². The van der Waals surface area contributed by atoms with Gasteiger partial charge >= 0.3 is 5.97 Å². The van der Waals surface area contributed by atoms with Crippen LogP contribution in [0.25, 0.3) is 10.8 Å². The van der Waals surface area contributed by atoms with E-state index < -0.39 is 23.6 Å². The smallest absolute Gasteiger partial charge is 0.343 e. The molecule has 0 saturated heterocycles. The van der Waals surface area contributed by atoms with Gasteiger partial charge in [-0.25, -0.2) is 14.6 Å². The summed E-state index contributed by atoms with van der Waals surface area (Å²) >= 11 is 0. The Bertz CT molecular complexity index is 1400. The Morgan fingerprint density at radius 3 is 2.31 bits per heavy atom. The molecule has 0 bridgehead atoms. The molecule has 0 aliphatic carbocycles. The number of hydrazone groups is 1. The predicted molar refractivity (Wildman–Crippen MR) is 130 cm³/mol. The molecule has 35 heavy (non-hydrogen) atoms. The van der Waals surface area contributed by atoms with E-state index in [0.29, 0.717) is 11.1 Å². The van der Waals surface area contributed by atoms with Crippen LogP contribution in [-0.2, 0) is 4.79 Å². The highest BCUT2D eigenvalue weighted by Gasteiger charge is 2.13. The third-order valence-corrected chi connectivity index (χ3v) is 5.04. The third-order valence-electron chi connectivity index (χ3n) is 5.04. The van der Waals surface area contributed by atoms with Crippen molar-refractivity contribution < 1.29 is 23.5 Å². The lowest BCUT2D eigenvalue weighted by Crippen LogP contribution is -2.34. The molecule has 7 nitrogen and oxygen atoms in total. The quantitative estimate of drug-likeness (QED) is 0.185. The summed E-state index contributed by atoms with van der Waals surface area (Å²) in [6, 6.07) is 24.5. The van der Waals surface area contributed by atoms with Crippen LogP contribution in [0.3, 0.4) is 0 Å². The zero-order valence-electron chi connectivity index (χ0n) is 18.4. The fraction of sp³-hybridized carbons (Fsp3) is 0.0370. The molecule has 2 N–H and O–H groups in total. The van der Waals surface area contributed by atoms with Crippen LogP contribution >= 0.6 is 0 Å². The fourth-order valence-corrected chi connectivity index (χ4v) is 3.30. The Kier molecular flexibility index (Phi) is 7.22. The molecule has 0 heterocycles. The Morgan fingerprint density at radius 2 is 1.54 bits per heavy atom. The molecule has 0 unspecified atom stereocenters. The average molecular weight is 469 g/mol. The minimum Gasteiger partial charge on any atom is -0.422 e. The first-order valence-corrected chi connectivity index (χ1v) is 10.7. The lowest BCUT2D eigenvalue weighted by molar-refractivity contribution is -0.120. The molecular weight excluding hydrogens is 449 g/mol. The maximum absolute atomic E-state index is 13.0. The van der Waals surface area contributed by atoms with Gasteiger partial charge in [0.2, 0.25) is 0 Å². The number of rotatable bonds is 7. The van der Waals surface area contributed by atoms with Crippen LogP contribution in [0.4, 0.5) is 4.39 Å². The minimum atomic E-state index is -0.570. The van der Waals surface area contributed by atoms with Crippen LogP contribution in [0.1, 0.15) is 26.3 Å². The largest absolute Gasteiger partial charge is 0.422 e. The maximum Gasteiger partial charge on any atom is 0.343 e. The molecule has 0 atom stereocenters. The highest BCUT2D eigenvalue weighted by Crippen LogP contribution is 2.27. The standard InChI is InChI=1S/C27H20FN3O4/c28-21-13-10-19(11-14-21)26(33)29-17-25(32)31-30-16-23-22-9-5-4-6-18(22)12-15-24(23)35-27(34)20-7-2-1-3-8-20/h1-16H,17H2,(H,29,33)(H,31,32)/b30-16-. The van der Waals surface area contributed by atoms with E-state index in [-0.39, 0.29) is 17.9 Å². The zero-order chi connectivity index (χ0) is 24.6. The molecule has 0 radical (unpaired) electrons. The van der Waals surface area contributed by atoms with Crippen molar-refractivity contribution >= 4 is 34.8 Å². The molecule has 4 rings (SSSR count). The van der Waals surface area contributed by atoms with Gasteiger partial charge in [0.1, 0.15) is 11.6 Å². The van der Waals surface area contributed by atoms with Gasteiger partial charge in [-0.15, -0.1) is 0 Å². The fourth-order valence-electron chi connectivity index (χ4n) is 3.30. The number of fused-ring (bicyclic) bond motifs is 1. The molecule has 0 spiro atoms. The van der Waals surface area contributed by atoms with Crippen molar-refractivity contribution in [2.24, 2.45) is 5.10 Å². The van der Waals surface area contributed by atoms with Crippen LogP contribution in [-0.4, -0.2) is 30.5 Å². The van der Waals surface area contributed by atoms with Gasteiger partial charge < -0.3 is 10.1 Å². The van der Waals surface area contributed by atoms with Crippen LogP contribution in [0, 0.1) is 5.82 Å². The molecule has 0 saturated carbocycles. The predicted octanol–water partition coefficient (Wildman–Crippen LogP) is 4.08. The minimum absolute atomic E-state index is 0.225. The summed E-state index contributed by atoms with van der Waals surface area (Å²) in [4.78, 5) is 36.8. The SMILES string of the molecule is O=C(CNC(=O)c1ccc(F)cc1)N/N=C\c1c(OC(=O)c2ccccc2)ccc2ccccc12. The highest BCUT2D eigenvalue weighted by molar-refractivity contribution is 6.04. The van der Waals surface area contributed by atoms with Crippen LogP contribution in [0.2, 0.25) is 0 Å². The number of hydrogen-bond donors (Lipinski definition) is 2. The van der Waals surface area contributed by atoms with Crippen molar-refractivity contribution in [3.05, 3.63) is 114 Å². The normalized spacial score (nSPS) is 10.8. The molecule has 0 aliphatic heterocycles. The van der Waals surface area contributed by atoms with Crippen molar-refractivity contribution in [3.63, 3.8) is 0 Å². The number of benzene rings is 4. The van der Waals surface area contributed by atoms with Crippen molar-refractivity contribution in [1.82, 2.24) is 10.7 Å². The Balaban J connectivity index is 1.46. The summed E-state index contributed by atoms with van der Waals surface area (Å²) in [5.41, 5.74) is 3.46. The van der Waals surface area contributed by atoms with Gasteiger partial charge in [0.25, 0.3) is 11.8 Å². The van der Waals surface area contributed by atoms with E-state index in [4.69, 9.17) is 4.74 Å². The highest BCUT2D eigenvalue weighted by atomic mass is 19.1. The van der Waals surface area contributed by atoms with Crippen molar-refractivity contribution in [2.75, 3.05) is 6.54 Å². The van der Waals surface area contributed by atoms with Gasteiger partial charge in [0.05, 0.1) is 18.3 Å². The molecule has 2 amide bonds. The van der Waals surface area contributed by atoms with E-state index >= 15 is 0 Å². The number of carbonyl (C=O) groups excluding carboxylic acids is 3. The van der Waals surface area contributed by atoms with E-state index in [1.54, 1.807) is 36.4 Å². The first-order chi connectivity index (χ1) is 17.0. The van der Waals surface area contributed by atoms with Gasteiger partial charge in [-0.3, -0.25) is 9.59 Å². The lowest BCUT2D eigenvalue weighted by Gasteiger charge is -2.10. The summed E-state index contributed by atoms with van der Waals surface area (Å²) < 4.78 is 18.6. The monoisotopic (exact) mass is 469 g/mol. The summed E-state index contributed by atoms with van der Waals surface area (Å²) in [5, 5.41) is 8.08. The molecule has 8 heteroatoms. The summed E-state index contributed by atoms with van der Waals surface area (Å²) in [5.74, 6) is -1.80. The van der Waals surface area contributed by atoms with E-state index in [9.17, 15) is 18.8 Å². The number of nitrogens with zero attached hydrogens (tertiary/aromatic N) is 1. The molecule has 4 aromatic carbocycles. The van der Waals surface area contributed by atoms with Crippen LogP contribution < -0.4 is 15.5 Å². The van der Waals surface area contributed by atoms with E-state index in [2.05, 4.69) is 15.8 Å². The van der Waals surface area contributed by atoms with Gasteiger partial charge in [0.15, 0.2) is 0 Å². The second kappa shape index (κ2) is 10.8. The summed E-state index contributed by atoms with van der Waals surface area (Å²) in [6.07, 6.45) is 1.38. The Hall–Kier alpha value is -4.85. The number of amides is 2. The molecule has 4 aromatic rings. The van der Waals surface area contributed by atoms with Crippen LogP contribution in [0.15, 0.2) is 96.1 Å². The van der Waals surface area contributed by atoms with Gasteiger partial charge in [-0.1, -0.05) is 48.5 Å². The van der Waals surface area contributed by atoms with E-state index in [1.807, 2.05) is 30.3 Å². The van der Waals surface area contributed by atoms with Crippen molar-refractivity contribution in [3.8, 4) is 5.75 Å². The van der Waals surface area contributed by atoms with E-state index in [1.165, 1.54) is 18.3 Å². The Morgan fingerprint density at radius 1 is 0.829 bits per heavy atom. The number of halogens is 1. The summed E-state index contributed by atoms with van der Waals surface area (Å²) in [7, 11) is 0. The van der Waals surface area contributed by atoms with Crippen LogP contribution in [0.5, 0.6) is 5.75 Å². The molecular formula is C27H20FN3O4. The van der Waals surface area contributed by atoms with Gasteiger partial charge in [0, 0.05) is 11.1 Å². The Labute approximate surface area is 200 Å². The number of esters is 1. The second-order valence-electron chi connectivity index (χ2n) is 7.44. The molecule has 0 aromatic heterocycles. The number of nitrogens with one attached hydrogen (secondary N) is 2. The second-order valence-corrected chi connectivity index (χ2v) is 7.44. The number of hydrogen-bond acceptors (Lipinski definition) is 5. The molecule has 174 valence electrons.